The van der Waals surface area contributed by atoms with Crippen molar-refractivity contribution >= 4 is 0 Å². The molecule has 4 nitrogen and oxygen atoms in total. The van der Waals surface area contributed by atoms with E-state index in [2.05, 4.69) is 12.3 Å². The van der Waals surface area contributed by atoms with Crippen LogP contribution in [0.3, 0.4) is 0 Å². The third-order valence-corrected chi connectivity index (χ3v) is 2.40. The van der Waals surface area contributed by atoms with Crippen molar-refractivity contribution in [3.8, 4) is 0 Å². The highest BCUT2D eigenvalue weighted by Crippen LogP contribution is 2.11. The molecule has 0 aliphatic rings. The van der Waals surface area contributed by atoms with E-state index in [0.717, 1.165) is 25.2 Å². The maximum absolute atomic E-state index is 5.50. The summed E-state index contributed by atoms with van der Waals surface area (Å²) >= 11 is 0. The molecule has 3 N–H and O–H groups in total. The molecule has 1 rings (SSSR count). The van der Waals surface area contributed by atoms with Gasteiger partial charge in [-0.1, -0.05) is 6.92 Å². The van der Waals surface area contributed by atoms with Gasteiger partial charge in [0, 0.05) is 26.2 Å². The van der Waals surface area contributed by atoms with Crippen LogP contribution in [0.2, 0.25) is 0 Å². The second-order valence-electron chi connectivity index (χ2n) is 3.94. The van der Waals surface area contributed by atoms with Crippen molar-refractivity contribution < 1.29 is 9.15 Å². The first-order valence-electron chi connectivity index (χ1n) is 5.23. The van der Waals surface area contributed by atoms with Crippen LogP contribution in [0, 0.1) is 5.92 Å². The van der Waals surface area contributed by atoms with Crippen LogP contribution in [-0.4, -0.2) is 19.8 Å². The summed E-state index contributed by atoms with van der Waals surface area (Å²) in [5.41, 5.74) is 2.81. The smallest absolute Gasteiger partial charge is 0.105 e. The summed E-state index contributed by atoms with van der Waals surface area (Å²) in [6.45, 7) is 2.91. The zero-order valence-corrected chi connectivity index (χ0v) is 9.40. The van der Waals surface area contributed by atoms with Crippen molar-refractivity contribution in [2.24, 2.45) is 11.8 Å². The average molecular weight is 212 g/mol. The molecule has 1 aromatic heterocycles. The molecule has 0 saturated heterocycles. The Morgan fingerprint density at radius 3 is 2.93 bits per heavy atom. The molecule has 0 spiro atoms. The summed E-state index contributed by atoms with van der Waals surface area (Å²) in [7, 11) is 1.72. The van der Waals surface area contributed by atoms with E-state index < -0.39 is 0 Å². The van der Waals surface area contributed by atoms with Gasteiger partial charge in [-0.15, -0.1) is 0 Å². The van der Waals surface area contributed by atoms with Crippen LogP contribution < -0.4 is 11.3 Å². The Morgan fingerprint density at radius 2 is 2.40 bits per heavy atom. The molecular formula is C11H20N2O2. The fourth-order valence-electron chi connectivity index (χ4n) is 1.72. The van der Waals surface area contributed by atoms with Gasteiger partial charge in [0.15, 0.2) is 0 Å². The van der Waals surface area contributed by atoms with Crippen LogP contribution >= 0.6 is 0 Å². The Kier molecular flexibility index (Phi) is 5.39. The third kappa shape index (κ3) is 4.46. The lowest BCUT2D eigenvalue weighted by Crippen LogP contribution is -2.38. The first-order valence-corrected chi connectivity index (χ1v) is 5.23. The number of methoxy groups -OCH3 is 1. The SMILES string of the molecule is COCC(C)CC(Cc1ccco1)NN. The van der Waals surface area contributed by atoms with E-state index in [1.54, 1.807) is 13.4 Å². The molecular weight excluding hydrogens is 192 g/mol. The van der Waals surface area contributed by atoms with Gasteiger partial charge in [0.2, 0.25) is 0 Å². The maximum Gasteiger partial charge on any atom is 0.105 e. The number of hydrazine groups is 1. The Hall–Kier alpha value is -0.840. The second-order valence-corrected chi connectivity index (χ2v) is 3.94. The molecule has 0 aliphatic carbocycles. The van der Waals surface area contributed by atoms with Crippen molar-refractivity contribution in [2.45, 2.75) is 25.8 Å². The molecule has 86 valence electrons. The normalized spacial score (nSPS) is 15.1. The van der Waals surface area contributed by atoms with Crippen molar-refractivity contribution in [3.63, 3.8) is 0 Å². The molecule has 1 aromatic rings. The largest absolute Gasteiger partial charge is 0.469 e. The minimum Gasteiger partial charge on any atom is -0.469 e. The second kappa shape index (κ2) is 6.61. The molecule has 1 heterocycles. The standard InChI is InChI=1S/C11H20N2O2/c1-9(8-14-2)6-10(13-12)7-11-4-3-5-15-11/h3-5,9-10,13H,6-8,12H2,1-2H3. The predicted octanol–water partition coefficient (Wildman–Crippen LogP) is 1.33. The van der Waals surface area contributed by atoms with Crippen molar-refractivity contribution in [1.29, 1.82) is 0 Å². The van der Waals surface area contributed by atoms with Crippen LogP contribution in [-0.2, 0) is 11.2 Å². The van der Waals surface area contributed by atoms with Gasteiger partial charge in [0.1, 0.15) is 5.76 Å². The van der Waals surface area contributed by atoms with Gasteiger partial charge in [0.05, 0.1) is 6.26 Å². The zero-order chi connectivity index (χ0) is 11.1. The molecule has 0 fully saturated rings. The molecule has 0 saturated carbocycles. The van der Waals surface area contributed by atoms with E-state index in [-0.39, 0.29) is 6.04 Å². The molecule has 0 bridgehead atoms. The molecule has 0 amide bonds. The molecule has 2 atom stereocenters. The molecule has 0 radical (unpaired) electrons. The molecule has 15 heavy (non-hydrogen) atoms. The van der Waals surface area contributed by atoms with Crippen molar-refractivity contribution in [1.82, 2.24) is 5.43 Å². The van der Waals surface area contributed by atoms with Gasteiger partial charge in [0.25, 0.3) is 0 Å². The van der Waals surface area contributed by atoms with Crippen molar-refractivity contribution in [2.75, 3.05) is 13.7 Å². The Morgan fingerprint density at radius 1 is 1.60 bits per heavy atom. The van der Waals surface area contributed by atoms with Crippen LogP contribution in [0.4, 0.5) is 0 Å². The average Bonchev–Trinajstić information content (AvgIpc) is 2.70. The van der Waals surface area contributed by atoms with E-state index in [9.17, 15) is 0 Å². The van der Waals surface area contributed by atoms with Gasteiger partial charge < -0.3 is 9.15 Å². The number of furan rings is 1. The van der Waals surface area contributed by atoms with Crippen LogP contribution in [0.15, 0.2) is 22.8 Å². The first kappa shape index (κ1) is 12.2. The summed E-state index contributed by atoms with van der Waals surface area (Å²) in [6, 6.07) is 4.09. The molecule has 4 heteroatoms. The Bertz CT molecular complexity index is 249. The van der Waals surface area contributed by atoms with E-state index >= 15 is 0 Å². The van der Waals surface area contributed by atoms with Gasteiger partial charge in [-0.25, -0.2) is 0 Å². The number of nitrogens with one attached hydrogen (secondary N) is 1. The van der Waals surface area contributed by atoms with Gasteiger partial charge in [-0.2, -0.15) is 0 Å². The van der Waals surface area contributed by atoms with Gasteiger partial charge >= 0.3 is 0 Å². The number of rotatable bonds is 7. The number of nitrogens with two attached hydrogens (primary N) is 1. The fraction of sp³-hybridized carbons (Fsp3) is 0.636. The van der Waals surface area contributed by atoms with E-state index in [1.807, 2.05) is 12.1 Å². The van der Waals surface area contributed by atoms with Crippen LogP contribution in [0.5, 0.6) is 0 Å². The van der Waals surface area contributed by atoms with Crippen LogP contribution in [0.25, 0.3) is 0 Å². The Labute approximate surface area is 90.8 Å². The quantitative estimate of drug-likeness (QED) is 0.528. The number of ether oxygens (including phenoxy) is 1. The minimum absolute atomic E-state index is 0.237. The lowest BCUT2D eigenvalue weighted by molar-refractivity contribution is 0.148. The Balaban J connectivity index is 2.35. The minimum atomic E-state index is 0.237. The summed E-state index contributed by atoms with van der Waals surface area (Å²) in [4.78, 5) is 0. The van der Waals surface area contributed by atoms with Gasteiger partial charge in [-0.05, 0) is 24.5 Å². The van der Waals surface area contributed by atoms with Crippen molar-refractivity contribution in [3.05, 3.63) is 24.2 Å². The summed E-state index contributed by atoms with van der Waals surface area (Å²) < 4.78 is 10.4. The molecule has 0 aliphatic heterocycles. The van der Waals surface area contributed by atoms with Gasteiger partial charge in [-0.3, -0.25) is 11.3 Å². The van der Waals surface area contributed by atoms with E-state index in [4.69, 9.17) is 15.0 Å². The monoisotopic (exact) mass is 212 g/mol. The summed E-state index contributed by atoms with van der Waals surface area (Å²) in [6.07, 6.45) is 3.48. The highest BCUT2D eigenvalue weighted by atomic mass is 16.5. The van der Waals surface area contributed by atoms with E-state index in [0.29, 0.717) is 5.92 Å². The lowest BCUT2D eigenvalue weighted by Gasteiger charge is -2.18. The van der Waals surface area contributed by atoms with Crippen LogP contribution in [0.1, 0.15) is 19.1 Å². The highest BCUT2D eigenvalue weighted by Gasteiger charge is 2.13. The predicted molar refractivity (Wildman–Crippen MR) is 59.2 cm³/mol. The fourth-order valence-corrected chi connectivity index (χ4v) is 1.72. The zero-order valence-electron chi connectivity index (χ0n) is 9.40. The number of hydrogen-bond donors (Lipinski definition) is 2. The first-order chi connectivity index (χ1) is 7.26. The number of hydrogen-bond acceptors (Lipinski definition) is 4. The molecule has 2 unspecified atom stereocenters. The summed E-state index contributed by atoms with van der Waals surface area (Å²) in [5.74, 6) is 6.95. The lowest BCUT2D eigenvalue weighted by atomic mass is 10.00. The third-order valence-electron chi connectivity index (χ3n) is 2.40. The molecule has 0 aromatic carbocycles. The summed E-state index contributed by atoms with van der Waals surface area (Å²) in [5, 5.41) is 0. The highest BCUT2D eigenvalue weighted by molar-refractivity contribution is 5.00. The van der Waals surface area contributed by atoms with E-state index in [1.165, 1.54) is 0 Å². The maximum atomic E-state index is 5.50. The topological polar surface area (TPSA) is 60.4 Å².